The van der Waals surface area contributed by atoms with Gasteiger partial charge in [0.15, 0.2) is 0 Å². The maximum Gasteiger partial charge on any atom is 0.354 e. The van der Waals surface area contributed by atoms with Crippen LogP contribution in [0.1, 0.15) is 17.4 Å². The van der Waals surface area contributed by atoms with Crippen molar-refractivity contribution in [3.8, 4) is 0 Å². The van der Waals surface area contributed by atoms with Crippen LogP contribution in [-0.2, 0) is 0 Å². The summed E-state index contributed by atoms with van der Waals surface area (Å²) in [5.41, 5.74) is 0.314. The van der Waals surface area contributed by atoms with E-state index in [-0.39, 0.29) is 11.7 Å². The third kappa shape index (κ3) is 2.94. The number of hydrogen-bond acceptors (Lipinski definition) is 3. The first-order valence-corrected chi connectivity index (χ1v) is 4.76. The Balaban J connectivity index is 2.78. The van der Waals surface area contributed by atoms with Gasteiger partial charge in [0.1, 0.15) is 5.69 Å². The van der Waals surface area contributed by atoms with Crippen molar-refractivity contribution in [2.75, 3.05) is 18.9 Å². The number of carboxylic acids is 1. The Morgan fingerprint density at radius 1 is 1.56 bits per heavy atom. The molecule has 16 heavy (non-hydrogen) atoms. The molecule has 0 unspecified atom stereocenters. The number of rotatable bonds is 3. The Labute approximate surface area is 92.9 Å². The lowest BCUT2D eigenvalue weighted by atomic mass is 10.3. The molecule has 0 aliphatic carbocycles. The number of aromatic nitrogens is 1. The van der Waals surface area contributed by atoms with Gasteiger partial charge in [-0.15, -0.1) is 0 Å². The van der Waals surface area contributed by atoms with Gasteiger partial charge in [0.05, 0.1) is 0 Å². The van der Waals surface area contributed by atoms with Gasteiger partial charge < -0.3 is 15.3 Å². The van der Waals surface area contributed by atoms with Crippen molar-refractivity contribution in [1.82, 2.24) is 9.88 Å². The lowest BCUT2D eigenvalue weighted by molar-refractivity contribution is 0.0690. The highest BCUT2D eigenvalue weighted by atomic mass is 16.4. The van der Waals surface area contributed by atoms with Gasteiger partial charge in [0.2, 0.25) is 0 Å². The molecule has 0 saturated heterocycles. The fourth-order valence-corrected chi connectivity index (χ4v) is 0.988. The molecule has 0 saturated carbocycles. The second-order valence-corrected chi connectivity index (χ2v) is 3.18. The standard InChI is InChI=1S/C10H13N3O3/c1-3-13(2)10(16)12-7-4-5-11-8(6-7)9(14)15/h4-6H,3H2,1-2H3,(H,14,15)(H,11,12,16). The predicted octanol–water partition coefficient (Wildman–Crippen LogP) is 1.26. The number of carboxylic acid groups (broad SMARTS) is 1. The van der Waals surface area contributed by atoms with E-state index in [4.69, 9.17) is 5.11 Å². The van der Waals surface area contributed by atoms with E-state index in [1.165, 1.54) is 23.2 Å². The lowest BCUT2D eigenvalue weighted by Crippen LogP contribution is -2.31. The van der Waals surface area contributed by atoms with Crippen LogP contribution in [0, 0.1) is 0 Å². The summed E-state index contributed by atoms with van der Waals surface area (Å²) >= 11 is 0. The van der Waals surface area contributed by atoms with E-state index >= 15 is 0 Å². The summed E-state index contributed by atoms with van der Waals surface area (Å²) in [4.78, 5) is 27.2. The maximum atomic E-state index is 11.5. The number of pyridine rings is 1. The summed E-state index contributed by atoms with van der Waals surface area (Å²) < 4.78 is 0. The first-order chi connectivity index (χ1) is 7.54. The summed E-state index contributed by atoms with van der Waals surface area (Å²) in [6, 6.07) is 2.56. The topological polar surface area (TPSA) is 82.5 Å². The molecule has 1 aromatic heterocycles. The molecule has 1 rings (SSSR count). The smallest absolute Gasteiger partial charge is 0.354 e. The van der Waals surface area contributed by atoms with Crippen molar-refractivity contribution in [2.24, 2.45) is 0 Å². The molecule has 86 valence electrons. The number of hydrogen-bond donors (Lipinski definition) is 2. The largest absolute Gasteiger partial charge is 0.477 e. The molecular formula is C10H13N3O3. The van der Waals surface area contributed by atoms with Crippen LogP contribution in [0.25, 0.3) is 0 Å². The summed E-state index contributed by atoms with van der Waals surface area (Å²) in [5, 5.41) is 11.3. The number of aromatic carboxylic acids is 1. The van der Waals surface area contributed by atoms with E-state index in [0.717, 1.165) is 0 Å². The Kier molecular flexibility index (Phi) is 3.82. The van der Waals surface area contributed by atoms with Gasteiger partial charge in [-0.3, -0.25) is 0 Å². The van der Waals surface area contributed by atoms with Crippen molar-refractivity contribution in [1.29, 1.82) is 0 Å². The quantitative estimate of drug-likeness (QED) is 0.808. The first kappa shape index (κ1) is 12.0. The summed E-state index contributed by atoms with van der Waals surface area (Å²) in [5.74, 6) is -1.13. The molecule has 0 fully saturated rings. The van der Waals surface area contributed by atoms with Crippen LogP contribution in [0.5, 0.6) is 0 Å². The van der Waals surface area contributed by atoms with Crippen LogP contribution in [-0.4, -0.2) is 40.6 Å². The minimum Gasteiger partial charge on any atom is -0.477 e. The fourth-order valence-electron chi connectivity index (χ4n) is 0.988. The van der Waals surface area contributed by atoms with E-state index in [2.05, 4.69) is 10.3 Å². The van der Waals surface area contributed by atoms with Crippen molar-refractivity contribution >= 4 is 17.7 Å². The second kappa shape index (κ2) is 5.11. The molecule has 6 heteroatoms. The van der Waals surface area contributed by atoms with Crippen LogP contribution < -0.4 is 5.32 Å². The second-order valence-electron chi connectivity index (χ2n) is 3.18. The SMILES string of the molecule is CCN(C)C(=O)Nc1ccnc(C(=O)O)c1. The minimum atomic E-state index is -1.13. The first-order valence-electron chi connectivity index (χ1n) is 4.76. The molecule has 6 nitrogen and oxygen atoms in total. The van der Waals surface area contributed by atoms with Crippen LogP contribution in [0.15, 0.2) is 18.3 Å². The zero-order valence-electron chi connectivity index (χ0n) is 9.10. The van der Waals surface area contributed by atoms with E-state index in [1.807, 2.05) is 6.92 Å². The fraction of sp³-hybridized carbons (Fsp3) is 0.300. The van der Waals surface area contributed by atoms with Gasteiger partial charge >= 0.3 is 12.0 Å². The van der Waals surface area contributed by atoms with Crippen LogP contribution >= 0.6 is 0 Å². The third-order valence-corrected chi connectivity index (χ3v) is 2.05. The highest BCUT2D eigenvalue weighted by Crippen LogP contribution is 2.08. The molecule has 0 aliphatic rings. The number of urea groups is 1. The van der Waals surface area contributed by atoms with Crippen molar-refractivity contribution in [3.05, 3.63) is 24.0 Å². The summed E-state index contributed by atoms with van der Waals surface area (Å²) in [7, 11) is 1.65. The lowest BCUT2D eigenvalue weighted by Gasteiger charge is -2.15. The molecule has 0 aromatic carbocycles. The zero-order valence-corrected chi connectivity index (χ0v) is 9.10. The predicted molar refractivity (Wildman–Crippen MR) is 58.5 cm³/mol. The molecule has 0 radical (unpaired) electrons. The summed E-state index contributed by atoms with van der Waals surface area (Å²) in [6.45, 7) is 2.41. The Bertz CT molecular complexity index is 406. The molecule has 2 N–H and O–H groups in total. The normalized spacial score (nSPS) is 9.62. The van der Waals surface area contributed by atoms with Crippen LogP contribution in [0.4, 0.5) is 10.5 Å². The molecule has 1 aromatic rings. The molecule has 0 spiro atoms. The number of carbonyl (C=O) groups excluding carboxylic acids is 1. The number of nitrogens with zero attached hydrogens (tertiary/aromatic N) is 2. The van der Waals surface area contributed by atoms with Crippen molar-refractivity contribution < 1.29 is 14.7 Å². The third-order valence-electron chi connectivity index (χ3n) is 2.05. The van der Waals surface area contributed by atoms with Crippen LogP contribution in [0.3, 0.4) is 0 Å². The number of amides is 2. The number of anilines is 1. The van der Waals surface area contributed by atoms with E-state index < -0.39 is 5.97 Å². The van der Waals surface area contributed by atoms with Crippen molar-refractivity contribution in [2.45, 2.75) is 6.92 Å². The average molecular weight is 223 g/mol. The number of carbonyl (C=O) groups is 2. The van der Waals surface area contributed by atoms with Crippen LogP contribution in [0.2, 0.25) is 0 Å². The Morgan fingerprint density at radius 2 is 2.25 bits per heavy atom. The molecular weight excluding hydrogens is 210 g/mol. The molecule has 0 aliphatic heterocycles. The van der Waals surface area contributed by atoms with E-state index in [9.17, 15) is 9.59 Å². The van der Waals surface area contributed by atoms with Gasteiger partial charge in [-0.1, -0.05) is 0 Å². The molecule has 0 bridgehead atoms. The molecule has 1 heterocycles. The summed E-state index contributed by atoms with van der Waals surface area (Å²) in [6.07, 6.45) is 1.34. The van der Waals surface area contributed by atoms with Gasteiger partial charge in [0.25, 0.3) is 0 Å². The molecule has 0 atom stereocenters. The van der Waals surface area contributed by atoms with Gasteiger partial charge in [-0.25, -0.2) is 14.6 Å². The highest BCUT2D eigenvalue weighted by molar-refractivity contribution is 5.91. The molecule has 2 amide bonds. The monoisotopic (exact) mass is 223 g/mol. The van der Waals surface area contributed by atoms with E-state index in [0.29, 0.717) is 12.2 Å². The van der Waals surface area contributed by atoms with E-state index in [1.54, 1.807) is 7.05 Å². The average Bonchev–Trinajstić information content (AvgIpc) is 2.28. The zero-order chi connectivity index (χ0) is 12.1. The van der Waals surface area contributed by atoms with Gasteiger partial charge in [-0.05, 0) is 19.1 Å². The van der Waals surface area contributed by atoms with Crippen molar-refractivity contribution in [3.63, 3.8) is 0 Å². The van der Waals surface area contributed by atoms with Gasteiger partial charge in [-0.2, -0.15) is 0 Å². The Morgan fingerprint density at radius 3 is 2.81 bits per heavy atom. The maximum absolute atomic E-state index is 11.5. The highest BCUT2D eigenvalue weighted by Gasteiger charge is 2.09. The van der Waals surface area contributed by atoms with Gasteiger partial charge in [0, 0.05) is 25.5 Å². The minimum absolute atomic E-state index is 0.100. The Hall–Kier alpha value is -2.11. The number of nitrogens with one attached hydrogen (secondary N) is 1.